The first-order valence-corrected chi connectivity index (χ1v) is 10.4. The van der Waals surface area contributed by atoms with Gasteiger partial charge in [0, 0.05) is 31.1 Å². The molecule has 0 saturated heterocycles. The van der Waals surface area contributed by atoms with Crippen LogP contribution in [0.2, 0.25) is 0 Å². The fourth-order valence-corrected chi connectivity index (χ4v) is 3.14. The molecule has 0 fully saturated rings. The number of aryl methyl sites for hydroxylation is 1. The number of carbonyl (C=O) groups excluding carboxylic acids is 2. The lowest BCUT2D eigenvalue weighted by Gasteiger charge is -2.14. The van der Waals surface area contributed by atoms with E-state index in [1.165, 1.54) is 22.1 Å². The van der Waals surface area contributed by atoms with Gasteiger partial charge < -0.3 is 14.8 Å². The van der Waals surface area contributed by atoms with Gasteiger partial charge in [0.2, 0.25) is 11.8 Å². The van der Waals surface area contributed by atoms with Crippen LogP contribution < -0.4 is 15.6 Å². The Morgan fingerprint density at radius 1 is 1.22 bits per heavy atom. The summed E-state index contributed by atoms with van der Waals surface area (Å²) in [5, 5.41) is 7.14. The molecule has 0 aromatic carbocycles. The van der Waals surface area contributed by atoms with Gasteiger partial charge in [0.05, 0.1) is 30.8 Å². The predicted octanol–water partition coefficient (Wildman–Crippen LogP) is 1.72. The van der Waals surface area contributed by atoms with Crippen LogP contribution in [0.1, 0.15) is 32.9 Å². The van der Waals surface area contributed by atoms with E-state index in [2.05, 4.69) is 15.4 Å². The van der Waals surface area contributed by atoms with Crippen molar-refractivity contribution in [3.8, 4) is 17.3 Å². The highest BCUT2D eigenvalue weighted by Gasteiger charge is 2.18. The van der Waals surface area contributed by atoms with E-state index in [0.29, 0.717) is 17.8 Å². The molecule has 170 valence electrons. The van der Waals surface area contributed by atoms with Gasteiger partial charge in [-0.3, -0.25) is 23.9 Å². The van der Waals surface area contributed by atoms with Gasteiger partial charge in [-0.15, -0.1) is 5.10 Å². The monoisotopic (exact) mass is 441 g/mol. The lowest BCUT2D eigenvalue weighted by Crippen LogP contribution is -2.37. The average Bonchev–Trinajstić information content (AvgIpc) is 3.12. The summed E-state index contributed by atoms with van der Waals surface area (Å²) in [5.74, 6) is -0.364. The maximum absolute atomic E-state index is 13.3. The SMILES string of the molecule is CC(=O)OCCCOc1cc2c(=O)n(CC(=O)NC(C)C)c(-c3cccc(C)n3)cn2n1. The first-order chi connectivity index (χ1) is 15.2. The number of fused-ring (bicyclic) bond motifs is 1. The Hall–Kier alpha value is -3.69. The largest absolute Gasteiger partial charge is 0.476 e. The predicted molar refractivity (Wildman–Crippen MR) is 117 cm³/mol. The molecule has 10 heteroatoms. The molecular formula is C22H27N5O5. The van der Waals surface area contributed by atoms with Gasteiger partial charge in [-0.2, -0.15) is 0 Å². The number of esters is 1. The van der Waals surface area contributed by atoms with E-state index in [-0.39, 0.29) is 54.6 Å². The lowest BCUT2D eigenvalue weighted by molar-refractivity contribution is -0.141. The second kappa shape index (κ2) is 10.1. The first-order valence-electron chi connectivity index (χ1n) is 10.4. The standard InChI is InChI=1S/C22H27N5O5/c1-14(2)23-20(29)13-26-19(17-8-5-7-15(3)24-17)12-27-18(22(26)30)11-21(25-27)32-10-6-9-31-16(4)28/h5,7-8,11-12,14H,6,9-10,13H2,1-4H3,(H,23,29). The van der Waals surface area contributed by atoms with Crippen molar-refractivity contribution >= 4 is 17.4 Å². The third-order valence-corrected chi connectivity index (χ3v) is 4.46. The highest BCUT2D eigenvalue weighted by atomic mass is 16.5. The van der Waals surface area contributed by atoms with E-state index in [9.17, 15) is 14.4 Å². The summed E-state index contributed by atoms with van der Waals surface area (Å²) >= 11 is 0. The molecular weight excluding hydrogens is 414 g/mol. The number of carbonyl (C=O) groups is 2. The molecule has 1 N–H and O–H groups in total. The Morgan fingerprint density at radius 2 is 2.00 bits per heavy atom. The van der Waals surface area contributed by atoms with Crippen molar-refractivity contribution in [1.29, 1.82) is 0 Å². The van der Waals surface area contributed by atoms with E-state index in [4.69, 9.17) is 9.47 Å². The van der Waals surface area contributed by atoms with Crippen molar-refractivity contribution < 1.29 is 19.1 Å². The summed E-state index contributed by atoms with van der Waals surface area (Å²) in [7, 11) is 0. The minimum atomic E-state index is -0.382. The molecule has 32 heavy (non-hydrogen) atoms. The van der Waals surface area contributed by atoms with Gasteiger partial charge in [0.15, 0.2) is 0 Å². The minimum Gasteiger partial charge on any atom is -0.476 e. The topological polar surface area (TPSA) is 117 Å². The summed E-state index contributed by atoms with van der Waals surface area (Å²) in [6.07, 6.45) is 2.15. The van der Waals surface area contributed by atoms with E-state index < -0.39 is 0 Å². The van der Waals surface area contributed by atoms with Crippen LogP contribution in [-0.4, -0.2) is 50.3 Å². The molecule has 3 aromatic heterocycles. The summed E-state index contributed by atoms with van der Waals surface area (Å²) in [5.41, 5.74) is 1.70. The van der Waals surface area contributed by atoms with Crippen LogP contribution in [-0.2, 0) is 20.9 Å². The fraction of sp³-hybridized carbons (Fsp3) is 0.409. The average molecular weight is 441 g/mol. The van der Waals surface area contributed by atoms with Crippen molar-refractivity contribution in [3.05, 3.63) is 46.5 Å². The van der Waals surface area contributed by atoms with E-state index >= 15 is 0 Å². The van der Waals surface area contributed by atoms with Crippen molar-refractivity contribution in [2.45, 2.75) is 46.7 Å². The van der Waals surface area contributed by atoms with Crippen molar-refractivity contribution in [3.63, 3.8) is 0 Å². The Bertz CT molecular complexity index is 1180. The molecule has 0 bridgehead atoms. The molecule has 0 atom stereocenters. The van der Waals surface area contributed by atoms with Crippen LogP contribution in [0, 0.1) is 6.92 Å². The highest BCUT2D eigenvalue weighted by Crippen LogP contribution is 2.19. The molecule has 1 amide bonds. The Kier molecular flexibility index (Phi) is 7.24. The fourth-order valence-electron chi connectivity index (χ4n) is 3.14. The number of hydrogen-bond donors (Lipinski definition) is 1. The number of nitrogens with zero attached hydrogens (tertiary/aromatic N) is 4. The summed E-state index contributed by atoms with van der Waals surface area (Å²) in [6, 6.07) is 6.94. The Labute approximate surface area is 185 Å². The van der Waals surface area contributed by atoms with Gasteiger partial charge in [-0.1, -0.05) is 6.07 Å². The molecule has 3 heterocycles. The van der Waals surface area contributed by atoms with Gasteiger partial charge in [-0.25, -0.2) is 4.52 Å². The molecule has 10 nitrogen and oxygen atoms in total. The number of nitrogens with one attached hydrogen (secondary N) is 1. The summed E-state index contributed by atoms with van der Waals surface area (Å²) < 4.78 is 13.3. The Morgan fingerprint density at radius 3 is 2.69 bits per heavy atom. The maximum Gasteiger partial charge on any atom is 0.302 e. The van der Waals surface area contributed by atoms with Crippen LogP contribution in [0.25, 0.3) is 16.9 Å². The molecule has 0 aliphatic heterocycles. The first kappa shape index (κ1) is 23.0. The van der Waals surface area contributed by atoms with E-state index in [1.807, 2.05) is 32.9 Å². The molecule has 0 aliphatic carbocycles. The van der Waals surface area contributed by atoms with Gasteiger partial charge >= 0.3 is 5.97 Å². The molecule has 3 rings (SSSR count). The number of ether oxygens (including phenoxy) is 2. The van der Waals surface area contributed by atoms with E-state index in [0.717, 1.165) is 5.69 Å². The minimum absolute atomic E-state index is 0.0515. The maximum atomic E-state index is 13.3. The second-order valence-corrected chi connectivity index (χ2v) is 7.65. The van der Waals surface area contributed by atoms with Crippen LogP contribution in [0.3, 0.4) is 0 Å². The van der Waals surface area contributed by atoms with E-state index in [1.54, 1.807) is 12.3 Å². The highest BCUT2D eigenvalue weighted by molar-refractivity contribution is 5.77. The smallest absolute Gasteiger partial charge is 0.302 e. The molecule has 0 unspecified atom stereocenters. The third kappa shape index (κ3) is 5.71. The number of rotatable bonds is 9. The summed E-state index contributed by atoms with van der Waals surface area (Å²) in [4.78, 5) is 41.0. The van der Waals surface area contributed by atoms with Crippen molar-refractivity contribution in [2.75, 3.05) is 13.2 Å². The van der Waals surface area contributed by atoms with Gasteiger partial charge in [-0.05, 0) is 32.9 Å². The van der Waals surface area contributed by atoms with Gasteiger partial charge in [0.25, 0.3) is 5.56 Å². The third-order valence-electron chi connectivity index (χ3n) is 4.46. The Balaban J connectivity index is 1.95. The number of aromatic nitrogens is 4. The molecule has 0 saturated carbocycles. The zero-order valence-electron chi connectivity index (χ0n) is 18.6. The zero-order valence-corrected chi connectivity index (χ0v) is 18.6. The van der Waals surface area contributed by atoms with Crippen LogP contribution in [0.5, 0.6) is 5.88 Å². The van der Waals surface area contributed by atoms with Crippen LogP contribution in [0.4, 0.5) is 0 Å². The van der Waals surface area contributed by atoms with Crippen molar-refractivity contribution in [1.82, 2.24) is 24.5 Å². The summed E-state index contributed by atoms with van der Waals surface area (Å²) in [6.45, 7) is 7.27. The lowest BCUT2D eigenvalue weighted by atomic mass is 10.2. The molecule has 0 aliphatic rings. The quantitative estimate of drug-likeness (QED) is 0.397. The molecule has 0 spiro atoms. The van der Waals surface area contributed by atoms with Gasteiger partial charge in [0.1, 0.15) is 12.1 Å². The zero-order chi connectivity index (χ0) is 23.3. The number of amides is 1. The molecule has 0 radical (unpaired) electrons. The normalized spacial score (nSPS) is 11.0. The molecule has 3 aromatic rings. The van der Waals surface area contributed by atoms with Crippen LogP contribution in [0.15, 0.2) is 35.3 Å². The van der Waals surface area contributed by atoms with Crippen LogP contribution >= 0.6 is 0 Å². The second-order valence-electron chi connectivity index (χ2n) is 7.65. The number of pyridine rings is 1. The number of hydrogen-bond acceptors (Lipinski definition) is 7. The van der Waals surface area contributed by atoms with Crippen molar-refractivity contribution in [2.24, 2.45) is 0 Å².